The third-order valence-corrected chi connectivity index (χ3v) is 3.77. The van der Waals surface area contributed by atoms with Gasteiger partial charge in [0, 0.05) is 7.11 Å². The molecule has 0 aliphatic rings. The predicted molar refractivity (Wildman–Crippen MR) is 88.8 cm³/mol. The SMILES string of the molecule is CNC(c1ccc(CCOC)cc1)c1cc(C)cc(C)c1. The van der Waals surface area contributed by atoms with E-state index in [9.17, 15) is 0 Å². The minimum absolute atomic E-state index is 0.236. The van der Waals surface area contributed by atoms with Crippen molar-refractivity contribution in [3.8, 4) is 0 Å². The number of ether oxygens (including phenoxy) is 1. The molecule has 1 unspecified atom stereocenters. The molecular weight excluding hydrogens is 258 g/mol. The van der Waals surface area contributed by atoms with E-state index in [1.165, 1.54) is 27.8 Å². The van der Waals surface area contributed by atoms with Gasteiger partial charge in [0.05, 0.1) is 12.6 Å². The molecule has 2 aromatic rings. The van der Waals surface area contributed by atoms with Crippen LogP contribution in [0.1, 0.15) is 33.9 Å². The quantitative estimate of drug-likeness (QED) is 0.870. The van der Waals surface area contributed by atoms with E-state index in [0.29, 0.717) is 0 Å². The fourth-order valence-corrected chi connectivity index (χ4v) is 2.80. The van der Waals surface area contributed by atoms with Gasteiger partial charge in [-0.05, 0) is 44.0 Å². The van der Waals surface area contributed by atoms with Crippen LogP contribution in [0, 0.1) is 13.8 Å². The Morgan fingerprint density at radius 3 is 2.10 bits per heavy atom. The van der Waals surface area contributed by atoms with Crippen LogP contribution in [-0.2, 0) is 11.2 Å². The molecule has 2 rings (SSSR count). The normalized spacial score (nSPS) is 12.4. The second-order valence-electron chi connectivity index (χ2n) is 5.63. The highest BCUT2D eigenvalue weighted by atomic mass is 16.5. The molecule has 1 N–H and O–H groups in total. The van der Waals surface area contributed by atoms with Crippen LogP contribution in [0.15, 0.2) is 42.5 Å². The first kappa shape index (κ1) is 15.7. The number of nitrogens with one attached hydrogen (secondary N) is 1. The molecule has 0 radical (unpaired) electrons. The maximum absolute atomic E-state index is 5.13. The Morgan fingerprint density at radius 1 is 0.952 bits per heavy atom. The van der Waals surface area contributed by atoms with Gasteiger partial charge < -0.3 is 10.1 Å². The summed E-state index contributed by atoms with van der Waals surface area (Å²) in [7, 11) is 3.76. The molecule has 21 heavy (non-hydrogen) atoms. The molecule has 0 aliphatic heterocycles. The van der Waals surface area contributed by atoms with Crippen molar-refractivity contribution < 1.29 is 4.74 Å². The van der Waals surface area contributed by atoms with Crippen molar-refractivity contribution in [1.29, 1.82) is 0 Å². The van der Waals surface area contributed by atoms with E-state index in [4.69, 9.17) is 4.74 Å². The molecule has 0 saturated heterocycles. The second-order valence-corrected chi connectivity index (χ2v) is 5.63. The van der Waals surface area contributed by atoms with E-state index in [0.717, 1.165) is 13.0 Å². The molecule has 0 aliphatic carbocycles. The van der Waals surface area contributed by atoms with Gasteiger partial charge in [-0.2, -0.15) is 0 Å². The summed E-state index contributed by atoms with van der Waals surface area (Å²) in [5.74, 6) is 0. The monoisotopic (exact) mass is 283 g/mol. The Hall–Kier alpha value is -1.64. The van der Waals surface area contributed by atoms with Gasteiger partial charge in [-0.3, -0.25) is 0 Å². The van der Waals surface area contributed by atoms with E-state index in [-0.39, 0.29) is 6.04 Å². The predicted octanol–water partition coefficient (Wildman–Crippen LogP) is 3.80. The number of methoxy groups -OCH3 is 1. The third kappa shape index (κ3) is 4.16. The maximum Gasteiger partial charge on any atom is 0.0574 e. The van der Waals surface area contributed by atoms with E-state index < -0.39 is 0 Å². The zero-order valence-corrected chi connectivity index (χ0v) is 13.4. The summed E-state index contributed by atoms with van der Waals surface area (Å²) in [6, 6.07) is 15.8. The molecule has 1 atom stereocenters. The molecule has 0 spiro atoms. The first-order valence-electron chi connectivity index (χ1n) is 7.47. The summed E-state index contributed by atoms with van der Waals surface area (Å²) in [4.78, 5) is 0. The maximum atomic E-state index is 5.13. The molecule has 2 aromatic carbocycles. The Bertz CT molecular complexity index is 554. The zero-order valence-electron chi connectivity index (χ0n) is 13.4. The van der Waals surface area contributed by atoms with Crippen molar-refractivity contribution in [1.82, 2.24) is 5.32 Å². The summed E-state index contributed by atoms with van der Waals surface area (Å²) in [6.07, 6.45) is 0.963. The van der Waals surface area contributed by atoms with Crippen LogP contribution in [-0.4, -0.2) is 20.8 Å². The summed E-state index contributed by atoms with van der Waals surface area (Å²) in [5.41, 5.74) is 6.54. The topological polar surface area (TPSA) is 21.3 Å². The van der Waals surface area contributed by atoms with Crippen molar-refractivity contribution in [3.63, 3.8) is 0 Å². The van der Waals surface area contributed by atoms with Crippen LogP contribution < -0.4 is 5.32 Å². The number of hydrogen-bond acceptors (Lipinski definition) is 2. The van der Waals surface area contributed by atoms with Crippen molar-refractivity contribution in [2.45, 2.75) is 26.3 Å². The molecule has 0 amide bonds. The Morgan fingerprint density at radius 2 is 1.57 bits per heavy atom. The minimum atomic E-state index is 0.236. The first-order chi connectivity index (χ1) is 10.1. The number of hydrogen-bond donors (Lipinski definition) is 1. The lowest BCUT2D eigenvalue weighted by Crippen LogP contribution is -2.18. The molecule has 0 aromatic heterocycles. The van der Waals surface area contributed by atoms with Crippen molar-refractivity contribution in [2.75, 3.05) is 20.8 Å². The highest BCUT2D eigenvalue weighted by Crippen LogP contribution is 2.24. The lowest BCUT2D eigenvalue weighted by atomic mass is 9.95. The lowest BCUT2D eigenvalue weighted by molar-refractivity contribution is 0.202. The van der Waals surface area contributed by atoms with Crippen LogP contribution >= 0.6 is 0 Å². The molecule has 0 heterocycles. The third-order valence-electron chi connectivity index (χ3n) is 3.77. The molecule has 112 valence electrons. The van der Waals surface area contributed by atoms with Crippen molar-refractivity contribution in [2.24, 2.45) is 0 Å². The second kappa shape index (κ2) is 7.39. The van der Waals surface area contributed by atoms with Crippen molar-refractivity contribution in [3.05, 3.63) is 70.3 Å². The van der Waals surface area contributed by atoms with Crippen LogP contribution in [0.5, 0.6) is 0 Å². The minimum Gasteiger partial charge on any atom is -0.384 e. The molecule has 0 saturated carbocycles. The van der Waals surface area contributed by atoms with Gasteiger partial charge in [-0.25, -0.2) is 0 Å². The summed E-state index contributed by atoms with van der Waals surface area (Å²) < 4.78 is 5.13. The van der Waals surface area contributed by atoms with Gasteiger partial charge >= 0.3 is 0 Å². The number of benzene rings is 2. The number of aryl methyl sites for hydroxylation is 2. The molecular formula is C19H25NO. The summed E-state index contributed by atoms with van der Waals surface area (Å²) in [6.45, 7) is 5.07. The van der Waals surface area contributed by atoms with E-state index in [2.05, 4.69) is 61.6 Å². The molecule has 0 fully saturated rings. The van der Waals surface area contributed by atoms with E-state index in [1.807, 2.05) is 7.05 Å². The van der Waals surface area contributed by atoms with E-state index >= 15 is 0 Å². The average molecular weight is 283 g/mol. The fourth-order valence-electron chi connectivity index (χ4n) is 2.80. The fraction of sp³-hybridized carbons (Fsp3) is 0.368. The lowest BCUT2D eigenvalue weighted by Gasteiger charge is -2.19. The Labute approximate surface area is 128 Å². The van der Waals surface area contributed by atoms with E-state index in [1.54, 1.807) is 7.11 Å². The first-order valence-corrected chi connectivity index (χ1v) is 7.47. The smallest absolute Gasteiger partial charge is 0.0574 e. The van der Waals surface area contributed by atoms with Crippen LogP contribution in [0.4, 0.5) is 0 Å². The largest absolute Gasteiger partial charge is 0.384 e. The van der Waals surface area contributed by atoms with Crippen LogP contribution in [0.3, 0.4) is 0 Å². The Kier molecular flexibility index (Phi) is 5.54. The average Bonchev–Trinajstić information content (AvgIpc) is 2.46. The highest BCUT2D eigenvalue weighted by molar-refractivity contribution is 5.37. The summed E-state index contributed by atoms with van der Waals surface area (Å²) in [5, 5.41) is 3.43. The van der Waals surface area contributed by atoms with Gasteiger partial charge in [0.25, 0.3) is 0 Å². The highest BCUT2D eigenvalue weighted by Gasteiger charge is 2.12. The molecule has 2 nitrogen and oxygen atoms in total. The van der Waals surface area contributed by atoms with Gasteiger partial charge in [-0.15, -0.1) is 0 Å². The Balaban J connectivity index is 2.24. The van der Waals surface area contributed by atoms with Crippen LogP contribution in [0.25, 0.3) is 0 Å². The zero-order chi connectivity index (χ0) is 15.2. The summed E-state index contributed by atoms with van der Waals surface area (Å²) >= 11 is 0. The number of rotatable bonds is 6. The standard InChI is InChI=1S/C19H25NO/c1-14-11-15(2)13-18(12-14)19(20-3)17-7-5-16(6-8-17)9-10-21-4/h5-8,11-13,19-20H,9-10H2,1-4H3. The van der Waals surface area contributed by atoms with Gasteiger partial charge in [0.1, 0.15) is 0 Å². The molecule has 0 bridgehead atoms. The van der Waals surface area contributed by atoms with Gasteiger partial charge in [0.2, 0.25) is 0 Å². The van der Waals surface area contributed by atoms with Gasteiger partial charge in [-0.1, -0.05) is 53.6 Å². The van der Waals surface area contributed by atoms with Gasteiger partial charge in [0.15, 0.2) is 0 Å². The van der Waals surface area contributed by atoms with Crippen LogP contribution in [0.2, 0.25) is 0 Å². The van der Waals surface area contributed by atoms with Crippen molar-refractivity contribution >= 4 is 0 Å². The molecule has 2 heteroatoms.